The maximum atomic E-state index is 10.7. The Hall–Kier alpha value is -3.60. The van der Waals surface area contributed by atoms with Gasteiger partial charge >= 0.3 is 5.97 Å². The van der Waals surface area contributed by atoms with Crippen LogP contribution in [0.2, 0.25) is 0 Å². The lowest BCUT2D eigenvalue weighted by Gasteiger charge is -2.04. The number of allylic oxidation sites excluding steroid dienone is 3. The Morgan fingerprint density at radius 2 is 1.96 bits per heavy atom. The molecule has 4 nitrogen and oxygen atoms in total. The minimum absolute atomic E-state index is 0.261. The van der Waals surface area contributed by atoms with E-state index in [0.29, 0.717) is 5.69 Å². The number of ether oxygens (including phenoxy) is 1. The van der Waals surface area contributed by atoms with Gasteiger partial charge < -0.3 is 4.74 Å². The molecule has 0 saturated carbocycles. The van der Waals surface area contributed by atoms with Crippen LogP contribution in [-0.2, 0) is 9.53 Å². The van der Waals surface area contributed by atoms with Crippen molar-refractivity contribution in [2.24, 2.45) is 0 Å². The molecular weight excluding hydrogens is 288 g/mol. The highest BCUT2D eigenvalue weighted by molar-refractivity contribution is 5.66. The van der Waals surface area contributed by atoms with Crippen molar-refractivity contribution in [1.82, 2.24) is 10.2 Å². The lowest BCUT2D eigenvalue weighted by Crippen LogP contribution is -2.08. The fourth-order valence-corrected chi connectivity index (χ4v) is 1.25. The predicted molar refractivity (Wildman–Crippen MR) is 88.3 cm³/mol. The summed E-state index contributed by atoms with van der Waals surface area (Å²) in [5, 5.41) is 6.46. The van der Waals surface area contributed by atoms with Crippen LogP contribution in [0.25, 0.3) is 0 Å². The third-order valence-electron chi connectivity index (χ3n) is 2.11. The highest BCUT2D eigenvalue weighted by atomic mass is 16.5. The zero-order valence-corrected chi connectivity index (χ0v) is 12.8. The van der Waals surface area contributed by atoms with Crippen molar-refractivity contribution in [1.29, 1.82) is 0 Å². The zero-order valence-electron chi connectivity index (χ0n) is 12.8. The fraction of sp³-hybridized carbons (Fsp3) is 0.158. The zero-order chi connectivity index (χ0) is 16.8. The van der Waals surface area contributed by atoms with Gasteiger partial charge in [0.1, 0.15) is 11.8 Å². The Kier molecular flexibility index (Phi) is 8.42. The van der Waals surface area contributed by atoms with E-state index in [1.807, 2.05) is 0 Å². The third-order valence-corrected chi connectivity index (χ3v) is 2.11. The number of esters is 1. The second kappa shape index (κ2) is 11.1. The Morgan fingerprint density at radius 3 is 2.65 bits per heavy atom. The monoisotopic (exact) mass is 302 g/mol. The molecule has 0 aromatic carbocycles. The molecule has 0 aliphatic rings. The normalized spacial score (nSPS) is 10.2. The molecule has 1 heterocycles. The summed E-state index contributed by atoms with van der Waals surface area (Å²) in [4.78, 5) is 10.7. The number of nitrogens with one attached hydrogen (secondary N) is 1. The van der Waals surface area contributed by atoms with E-state index in [1.54, 1.807) is 43.5 Å². The van der Waals surface area contributed by atoms with E-state index in [9.17, 15) is 4.79 Å². The lowest BCUT2D eigenvalue weighted by molar-refractivity contribution is -0.143. The topological polar surface area (TPSA) is 55.0 Å². The first kappa shape index (κ1) is 17.5. The molecule has 1 N–H and O–H groups in total. The molecule has 0 radical (unpaired) electrons. The number of carbonyl (C=O) groups is 1. The second-order valence-corrected chi connectivity index (χ2v) is 4.05. The molecular formula is C19H14N2O2. The summed E-state index contributed by atoms with van der Waals surface area (Å²) in [5.74, 6) is 20.8. The molecule has 1 aromatic rings. The van der Waals surface area contributed by atoms with Gasteiger partial charge in [-0.15, -0.1) is 0 Å². The van der Waals surface area contributed by atoms with Crippen LogP contribution in [0, 0.1) is 47.4 Å². The molecule has 4 heteroatoms. The van der Waals surface area contributed by atoms with E-state index >= 15 is 0 Å². The SMILES string of the molecule is CC(=O)OC(C)/C=C/C=C/C#CC#CC#CC#Cc1ccn[nH]1. The first-order chi connectivity index (χ1) is 11.2. The molecule has 0 fully saturated rings. The number of hydrogen-bond donors (Lipinski definition) is 1. The number of H-pyrrole nitrogens is 1. The van der Waals surface area contributed by atoms with Gasteiger partial charge in [0, 0.05) is 13.1 Å². The number of carbonyl (C=O) groups excluding carboxylic acids is 1. The van der Waals surface area contributed by atoms with E-state index < -0.39 is 0 Å². The molecule has 1 rings (SSSR count). The Bertz CT molecular complexity index is 815. The number of nitrogens with zero attached hydrogens (tertiary/aromatic N) is 1. The van der Waals surface area contributed by atoms with Gasteiger partial charge in [-0.1, -0.05) is 18.1 Å². The van der Waals surface area contributed by atoms with Crippen molar-refractivity contribution in [3.63, 3.8) is 0 Å². The molecule has 23 heavy (non-hydrogen) atoms. The van der Waals surface area contributed by atoms with Gasteiger partial charge in [-0.3, -0.25) is 9.89 Å². The van der Waals surface area contributed by atoms with Crippen LogP contribution >= 0.6 is 0 Å². The molecule has 0 amide bonds. The van der Waals surface area contributed by atoms with Crippen molar-refractivity contribution in [2.45, 2.75) is 20.0 Å². The van der Waals surface area contributed by atoms with Crippen molar-refractivity contribution >= 4 is 5.97 Å². The maximum absolute atomic E-state index is 10.7. The van der Waals surface area contributed by atoms with Crippen molar-refractivity contribution in [3.8, 4) is 47.4 Å². The second-order valence-electron chi connectivity index (χ2n) is 4.05. The first-order valence-corrected chi connectivity index (χ1v) is 6.70. The van der Waals surface area contributed by atoms with Crippen LogP contribution in [0.5, 0.6) is 0 Å². The average molecular weight is 302 g/mol. The van der Waals surface area contributed by atoms with Gasteiger partial charge in [0.05, 0.1) is 0 Å². The van der Waals surface area contributed by atoms with Crippen LogP contribution in [0.15, 0.2) is 36.6 Å². The standard InChI is InChI=1S/C19H14N2O2/c1-17(23-18(2)22)13-11-9-7-5-3-4-6-8-10-12-14-19-15-16-20-21-19/h7,9,11,13,15-17H,1-2H3,(H,20,21)/b9-7+,13-11+. The van der Waals surface area contributed by atoms with E-state index in [-0.39, 0.29) is 12.1 Å². The average Bonchev–Trinajstić information content (AvgIpc) is 3.01. The van der Waals surface area contributed by atoms with Crippen molar-refractivity contribution in [2.75, 3.05) is 0 Å². The molecule has 0 aliphatic carbocycles. The third kappa shape index (κ3) is 9.86. The smallest absolute Gasteiger partial charge is 0.303 e. The van der Waals surface area contributed by atoms with E-state index in [4.69, 9.17) is 4.74 Å². The number of aromatic amines is 1. The summed E-state index contributed by atoms with van der Waals surface area (Å²) in [5.41, 5.74) is 0.702. The van der Waals surface area contributed by atoms with Crippen LogP contribution in [0.1, 0.15) is 19.5 Å². The number of rotatable bonds is 3. The molecule has 112 valence electrons. The molecule has 1 aromatic heterocycles. The Morgan fingerprint density at radius 1 is 1.22 bits per heavy atom. The van der Waals surface area contributed by atoms with Crippen LogP contribution in [0.3, 0.4) is 0 Å². The lowest BCUT2D eigenvalue weighted by atomic mass is 10.3. The van der Waals surface area contributed by atoms with E-state index in [0.717, 1.165) is 0 Å². The number of aromatic nitrogens is 2. The summed E-state index contributed by atoms with van der Waals surface area (Å²) in [6.45, 7) is 3.15. The molecule has 0 saturated heterocycles. The quantitative estimate of drug-likeness (QED) is 0.526. The van der Waals surface area contributed by atoms with Crippen molar-refractivity contribution < 1.29 is 9.53 Å². The predicted octanol–water partition coefficient (Wildman–Crippen LogP) is 1.84. The van der Waals surface area contributed by atoms with Crippen LogP contribution in [0.4, 0.5) is 0 Å². The van der Waals surface area contributed by atoms with Crippen LogP contribution in [-0.4, -0.2) is 22.3 Å². The first-order valence-electron chi connectivity index (χ1n) is 6.70. The van der Waals surface area contributed by atoms with E-state index in [1.165, 1.54) is 6.92 Å². The molecule has 1 unspecified atom stereocenters. The summed E-state index contributed by atoms with van der Waals surface area (Å²) >= 11 is 0. The minimum atomic E-state index is -0.309. The summed E-state index contributed by atoms with van der Waals surface area (Å²) in [7, 11) is 0. The van der Waals surface area contributed by atoms with Gasteiger partial charge in [0.25, 0.3) is 0 Å². The van der Waals surface area contributed by atoms with Gasteiger partial charge in [0.15, 0.2) is 0 Å². The van der Waals surface area contributed by atoms with E-state index in [2.05, 4.69) is 57.6 Å². The largest absolute Gasteiger partial charge is 0.459 e. The highest BCUT2D eigenvalue weighted by Gasteiger charge is 1.97. The Labute approximate surface area is 136 Å². The minimum Gasteiger partial charge on any atom is -0.459 e. The van der Waals surface area contributed by atoms with Gasteiger partial charge in [-0.2, -0.15) is 5.10 Å². The van der Waals surface area contributed by atoms with Gasteiger partial charge in [-0.05, 0) is 66.6 Å². The summed E-state index contributed by atoms with van der Waals surface area (Å²) < 4.78 is 4.92. The summed E-state index contributed by atoms with van der Waals surface area (Å²) in [6.07, 6.45) is 8.22. The number of hydrogen-bond acceptors (Lipinski definition) is 3. The maximum Gasteiger partial charge on any atom is 0.303 e. The van der Waals surface area contributed by atoms with Gasteiger partial charge in [-0.25, -0.2) is 0 Å². The molecule has 0 aliphatic heterocycles. The Balaban J connectivity index is 2.35. The molecule has 1 atom stereocenters. The molecule has 0 spiro atoms. The van der Waals surface area contributed by atoms with Crippen LogP contribution < -0.4 is 0 Å². The molecule has 0 bridgehead atoms. The fourth-order valence-electron chi connectivity index (χ4n) is 1.25. The highest BCUT2D eigenvalue weighted by Crippen LogP contribution is 1.93. The van der Waals surface area contributed by atoms with Crippen molar-refractivity contribution in [3.05, 3.63) is 42.3 Å². The summed E-state index contributed by atoms with van der Waals surface area (Å²) in [6, 6.07) is 1.75. The van der Waals surface area contributed by atoms with Gasteiger partial charge in [0.2, 0.25) is 0 Å².